The summed E-state index contributed by atoms with van der Waals surface area (Å²) in [5.41, 5.74) is 3.92. The van der Waals surface area contributed by atoms with Crippen LogP contribution in [0.1, 0.15) is 16.7 Å². The van der Waals surface area contributed by atoms with Gasteiger partial charge in [0.1, 0.15) is 12.4 Å². The highest BCUT2D eigenvalue weighted by Gasteiger charge is 2.11. The SMILES string of the molecule is Cc1ccc(OCCN(C)CC(=O)Nc2c(C)cc(C)cc2Cl)cc1. The lowest BCUT2D eigenvalue weighted by molar-refractivity contribution is -0.117. The summed E-state index contributed by atoms with van der Waals surface area (Å²) in [5.74, 6) is 0.747. The van der Waals surface area contributed by atoms with E-state index in [0.717, 1.165) is 16.9 Å². The molecule has 0 aliphatic rings. The first kappa shape index (κ1) is 19.3. The predicted octanol–water partition coefficient (Wildman–Crippen LogP) is 4.21. The Hall–Kier alpha value is -2.04. The second-order valence-electron chi connectivity index (χ2n) is 6.39. The smallest absolute Gasteiger partial charge is 0.238 e. The largest absolute Gasteiger partial charge is 0.492 e. The number of benzene rings is 2. The van der Waals surface area contributed by atoms with E-state index in [-0.39, 0.29) is 12.5 Å². The molecule has 0 unspecified atom stereocenters. The van der Waals surface area contributed by atoms with E-state index in [0.29, 0.717) is 23.9 Å². The van der Waals surface area contributed by atoms with E-state index in [9.17, 15) is 4.79 Å². The molecule has 134 valence electrons. The molecule has 0 bridgehead atoms. The number of amides is 1. The topological polar surface area (TPSA) is 41.6 Å². The van der Waals surface area contributed by atoms with Crippen LogP contribution in [-0.4, -0.2) is 37.6 Å². The van der Waals surface area contributed by atoms with Gasteiger partial charge in [-0.3, -0.25) is 9.69 Å². The zero-order valence-corrected chi connectivity index (χ0v) is 16.0. The van der Waals surface area contributed by atoms with Gasteiger partial charge in [0.15, 0.2) is 0 Å². The summed E-state index contributed by atoms with van der Waals surface area (Å²) in [7, 11) is 1.89. The third-order valence-corrected chi connectivity index (χ3v) is 4.17. The maximum absolute atomic E-state index is 12.2. The molecule has 0 aromatic heterocycles. The predicted molar refractivity (Wildman–Crippen MR) is 104 cm³/mol. The van der Waals surface area contributed by atoms with Crippen LogP contribution in [0.3, 0.4) is 0 Å². The zero-order chi connectivity index (χ0) is 18.4. The summed E-state index contributed by atoms with van der Waals surface area (Å²) in [6.45, 7) is 7.41. The normalized spacial score (nSPS) is 10.8. The number of hydrogen-bond donors (Lipinski definition) is 1. The van der Waals surface area contributed by atoms with E-state index in [2.05, 4.69) is 5.32 Å². The minimum Gasteiger partial charge on any atom is -0.492 e. The van der Waals surface area contributed by atoms with Gasteiger partial charge in [-0.15, -0.1) is 0 Å². The quantitative estimate of drug-likeness (QED) is 0.804. The van der Waals surface area contributed by atoms with E-state index in [1.807, 2.05) is 69.1 Å². The molecule has 0 radical (unpaired) electrons. The molecule has 2 aromatic rings. The molecule has 2 rings (SSSR count). The van der Waals surface area contributed by atoms with Crippen molar-refractivity contribution in [2.75, 3.05) is 32.1 Å². The van der Waals surface area contributed by atoms with Gasteiger partial charge < -0.3 is 10.1 Å². The Morgan fingerprint density at radius 2 is 1.80 bits per heavy atom. The summed E-state index contributed by atoms with van der Waals surface area (Å²) in [6, 6.07) is 11.8. The number of nitrogens with one attached hydrogen (secondary N) is 1. The number of anilines is 1. The van der Waals surface area contributed by atoms with Crippen molar-refractivity contribution in [1.82, 2.24) is 4.90 Å². The third kappa shape index (κ3) is 6.07. The fourth-order valence-corrected chi connectivity index (χ4v) is 2.90. The molecule has 0 fully saturated rings. The molecule has 2 aromatic carbocycles. The number of hydrogen-bond acceptors (Lipinski definition) is 3. The van der Waals surface area contributed by atoms with E-state index >= 15 is 0 Å². The molecular formula is C20H25ClN2O2. The van der Waals surface area contributed by atoms with E-state index in [1.165, 1.54) is 5.56 Å². The number of aryl methyl sites for hydroxylation is 3. The van der Waals surface area contributed by atoms with Crippen molar-refractivity contribution in [2.45, 2.75) is 20.8 Å². The summed E-state index contributed by atoms with van der Waals surface area (Å²) in [4.78, 5) is 14.1. The third-order valence-electron chi connectivity index (χ3n) is 3.87. The fraction of sp³-hybridized carbons (Fsp3) is 0.350. The van der Waals surface area contributed by atoms with E-state index in [4.69, 9.17) is 16.3 Å². The highest BCUT2D eigenvalue weighted by molar-refractivity contribution is 6.34. The second kappa shape index (κ2) is 8.88. The molecule has 0 atom stereocenters. The fourth-order valence-electron chi connectivity index (χ4n) is 2.53. The van der Waals surface area contributed by atoms with Crippen LogP contribution < -0.4 is 10.1 Å². The maximum Gasteiger partial charge on any atom is 0.238 e. The van der Waals surface area contributed by atoms with Crippen LogP contribution in [0.5, 0.6) is 5.75 Å². The molecule has 0 heterocycles. The number of nitrogens with zero attached hydrogens (tertiary/aromatic N) is 1. The molecular weight excluding hydrogens is 336 g/mol. The summed E-state index contributed by atoms with van der Waals surface area (Å²) in [6.07, 6.45) is 0. The van der Waals surface area contributed by atoms with Crippen molar-refractivity contribution in [3.8, 4) is 5.75 Å². The number of halogens is 1. The van der Waals surface area contributed by atoms with Crippen molar-refractivity contribution in [1.29, 1.82) is 0 Å². The lowest BCUT2D eigenvalue weighted by Crippen LogP contribution is -2.33. The lowest BCUT2D eigenvalue weighted by Gasteiger charge is -2.18. The molecule has 4 nitrogen and oxygen atoms in total. The van der Waals surface area contributed by atoms with Gasteiger partial charge in [-0.1, -0.05) is 35.4 Å². The second-order valence-corrected chi connectivity index (χ2v) is 6.79. The van der Waals surface area contributed by atoms with Gasteiger partial charge in [-0.25, -0.2) is 0 Å². The molecule has 0 saturated carbocycles. The highest BCUT2D eigenvalue weighted by atomic mass is 35.5. The van der Waals surface area contributed by atoms with Gasteiger partial charge in [0.25, 0.3) is 0 Å². The maximum atomic E-state index is 12.2. The van der Waals surface area contributed by atoms with E-state index in [1.54, 1.807) is 0 Å². The Labute approximate surface area is 154 Å². The Kier molecular flexibility index (Phi) is 6.85. The standard InChI is InChI=1S/C20H25ClN2O2/c1-14-5-7-17(8-6-14)25-10-9-23(4)13-19(24)22-20-16(3)11-15(2)12-18(20)21/h5-8,11-12H,9-10,13H2,1-4H3,(H,22,24). The van der Waals surface area contributed by atoms with Gasteiger partial charge in [0, 0.05) is 6.54 Å². The minimum absolute atomic E-state index is 0.0910. The average molecular weight is 361 g/mol. The van der Waals surface area contributed by atoms with Crippen LogP contribution in [0, 0.1) is 20.8 Å². The number of carbonyl (C=O) groups is 1. The van der Waals surface area contributed by atoms with Crippen LogP contribution in [-0.2, 0) is 4.79 Å². The van der Waals surface area contributed by atoms with Crippen LogP contribution in [0.4, 0.5) is 5.69 Å². The molecule has 5 heteroatoms. The van der Waals surface area contributed by atoms with Crippen molar-refractivity contribution >= 4 is 23.2 Å². The van der Waals surface area contributed by atoms with Crippen molar-refractivity contribution < 1.29 is 9.53 Å². The first-order valence-electron chi connectivity index (χ1n) is 8.30. The monoisotopic (exact) mass is 360 g/mol. The van der Waals surface area contributed by atoms with Crippen LogP contribution in [0.2, 0.25) is 5.02 Å². The number of rotatable bonds is 7. The average Bonchev–Trinajstić information content (AvgIpc) is 2.52. The van der Waals surface area contributed by atoms with Gasteiger partial charge in [0.05, 0.1) is 17.3 Å². The number of likely N-dealkylation sites (N-methyl/N-ethyl adjacent to an activating group) is 1. The Morgan fingerprint density at radius 3 is 2.44 bits per heavy atom. The van der Waals surface area contributed by atoms with Gasteiger partial charge in [-0.05, 0) is 57.1 Å². The Bertz CT molecular complexity index is 706. The zero-order valence-electron chi connectivity index (χ0n) is 15.2. The van der Waals surface area contributed by atoms with Gasteiger partial charge >= 0.3 is 0 Å². The van der Waals surface area contributed by atoms with Crippen LogP contribution >= 0.6 is 11.6 Å². The molecule has 1 amide bonds. The van der Waals surface area contributed by atoms with Crippen molar-refractivity contribution in [3.63, 3.8) is 0 Å². The molecule has 0 spiro atoms. The van der Waals surface area contributed by atoms with Crippen molar-refractivity contribution in [2.24, 2.45) is 0 Å². The molecule has 25 heavy (non-hydrogen) atoms. The van der Waals surface area contributed by atoms with Crippen molar-refractivity contribution in [3.05, 3.63) is 58.1 Å². The van der Waals surface area contributed by atoms with Crippen LogP contribution in [0.25, 0.3) is 0 Å². The molecule has 0 saturated heterocycles. The first-order valence-corrected chi connectivity index (χ1v) is 8.67. The van der Waals surface area contributed by atoms with E-state index < -0.39 is 0 Å². The lowest BCUT2D eigenvalue weighted by atomic mass is 10.1. The minimum atomic E-state index is -0.0910. The number of ether oxygens (including phenoxy) is 1. The molecule has 0 aliphatic carbocycles. The Morgan fingerprint density at radius 1 is 1.12 bits per heavy atom. The van der Waals surface area contributed by atoms with Gasteiger partial charge in [-0.2, -0.15) is 0 Å². The Balaban J connectivity index is 1.79. The van der Waals surface area contributed by atoms with Gasteiger partial charge in [0.2, 0.25) is 5.91 Å². The first-order chi connectivity index (χ1) is 11.8. The molecule has 1 N–H and O–H groups in total. The molecule has 0 aliphatic heterocycles. The summed E-state index contributed by atoms with van der Waals surface area (Å²) >= 11 is 6.23. The summed E-state index contributed by atoms with van der Waals surface area (Å²) in [5, 5.41) is 3.46. The number of carbonyl (C=O) groups excluding carboxylic acids is 1. The highest BCUT2D eigenvalue weighted by Crippen LogP contribution is 2.27. The van der Waals surface area contributed by atoms with Crippen LogP contribution in [0.15, 0.2) is 36.4 Å². The summed E-state index contributed by atoms with van der Waals surface area (Å²) < 4.78 is 5.69.